The molecule has 5 heteroatoms. The van der Waals surface area contributed by atoms with Crippen LogP contribution in [0.25, 0.3) is 10.9 Å². The van der Waals surface area contributed by atoms with Crippen molar-refractivity contribution in [1.82, 2.24) is 4.98 Å². The molecule has 0 N–H and O–H groups in total. The molecule has 86 valence electrons. The molecule has 2 nitrogen and oxygen atoms in total. The average Bonchev–Trinajstić information content (AvgIpc) is 2.37. The Hall–Kier alpha value is -0.0451. The van der Waals surface area contributed by atoms with Crippen molar-refractivity contribution in [3.05, 3.63) is 36.0 Å². The molecule has 1 aliphatic heterocycles. The number of aromatic nitrogens is 1. The van der Waals surface area contributed by atoms with E-state index in [0.717, 1.165) is 12.1 Å². The minimum absolute atomic E-state index is 0.483. The summed E-state index contributed by atoms with van der Waals surface area (Å²) in [6, 6.07) is 8.61. The van der Waals surface area contributed by atoms with Gasteiger partial charge in [-0.3, -0.25) is 4.98 Å². The second-order valence-corrected chi connectivity index (χ2v) is 8.97. The molecule has 1 aromatic heterocycles. The van der Waals surface area contributed by atoms with Gasteiger partial charge in [0.05, 0.1) is 11.2 Å². The lowest BCUT2D eigenvalue weighted by Gasteiger charge is -2.32. The Morgan fingerprint density at radius 1 is 1.24 bits per heavy atom. The van der Waals surface area contributed by atoms with Gasteiger partial charge in [-0.05, 0) is 24.5 Å². The Kier molecular flexibility index (Phi) is 3.47. The van der Waals surface area contributed by atoms with E-state index in [2.05, 4.69) is 72.7 Å². The smallest absolute Gasteiger partial charge is 0.395 e. The van der Waals surface area contributed by atoms with Crippen molar-refractivity contribution < 1.29 is 0 Å². The van der Waals surface area contributed by atoms with Crippen LogP contribution in [0.1, 0.15) is 12.0 Å². The molecule has 17 heavy (non-hydrogen) atoms. The summed E-state index contributed by atoms with van der Waals surface area (Å²) >= 11 is 4.95. The van der Waals surface area contributed by atoms with Crippen molar-refractivity contribution in [3.63, 3.8) is 0 Å². The van der Waals surface area contributed by atoms with Crippen LogP contribution in [0.4, 0.5) is 5.69 Å². The second-order valence-electron chi connectivity index (χ2n) is 4.22. The van der Waals surface area contributed by atoms with E-state index in [-0.39, 0.29) is 0 Å². The molecule has 0 spiro atoms. The summed E-state index contributed by atoms with van der Waals surface area (Å²) in [5.41, 5.74) is 3.95. The van der Waals surface area contributed by atoms with Crippen LogP contribution in [0, 0.1) is 0 Å². The summed E-state index contributed by atoms with van der Waals surface area (Å²) < 4.78 is 0.483. The number of anilines is 1. The number of fused-ring (bicyclic) bond motifs is 3. The van der Waals surface area contributed by atoms with Crippen LogP contribution >= 0.6 is 44.7 Å². The lowest BCUT2D eigenvalue weighted by Crippen LogP contribution is -2.35. The molecular weight excluding hydrogens is 437 g/mol. The maximum atomic E-state index is 4.58. The summed E-state index contributed by atoms with van der Waals surface area (Å²) in [4.78, 5) is 7.05. The van der Waals surface area contributed by atoms with E-state index < -0.39 is 0 Å². The van der Waals surface area contributed by atoms with Gasteiger partial charge in [0.2, 0.25) is 0 Å². The van der Waals surface area contributed by atoms with Gasteiger partial charge in [-0.15, -0.1) is 44.7 Å². The van der Waals surface area contributed by atoms with Crippen LogP contribution in [-0.2, 0) is 6.42 Å². The highest BCUT2D eigenvalue weighted by atomic mass is 127. The number of benzene rings is 1. The van der Waals surface area contributed by atoms with E-state index in [1.54, 1.807) is 0 Å². The lowest BCUT2D eigenvalue weighted by atomic mass is 9.96. The Morgan fingerprint density at radius 3 is 2.94 bits per heavy atom. The first-order valence-corrected chi connectivity index (χ1v) is 8.18. The van der Waals surface area contributed by atoms with Gasteiger partial charge in [0, 0.05) is 18.1 Å². The third-order valence-corrected chi connectivity index (χ3v) is 4.54. The number of halogens is 2. The molecule has 0 saturated heterocycles. The summed E-state index contributed by atoms with van der Waals surface area (Å²) in [6.07, 6.45) is 4.32. The molecule has 1 aromatic carbocycles. The summed E-state index contributed by atoms with van der Waals surface area (Å²) in [6.45, 7) is 1.14. The van der Waals surface area contributed by atoms with Gasteiger partial charge >= 0.3 is 2.56 Å². The highest BCUT2D eigenvalue weighted by Crippen LogP contribution is 2.36. The molecule has 0 atom stereocenters. The lowest BCUT2D eigenvalue weighted by molar-refractivity contribution is 0.792. The van der Waals surface area contributed by atoms with Gasteiger partial charge in [0.25, 0.3) is 0 Å². The van der Waals surface area contributed by atoms with Crippen LogP contribution in [0.3, 0.4) is 0 Å². The van der Waals surface area contributed by atoms with Crippen LogP contribution in [0.15, 0.2) is 30.5 Å². The Labute approximate surface area is 128 Å². The fraction of sp³-hybridized carbons (Fsp3) is 0.250. The third kappa shape index (κ3) is 2.16. The molecule has 0 saturated carbocycles. The summed E-state index contributed by atoms with van der Waals surface area (Å²) in [5, 5.41) is 1.24. The second kappa shape index (κ2) is 4.91. The third-order valence-electron chi connectivity index (χ3n) is 3.20. The Bertz CT molecular complexity index is 559. The molecular formula is C12H11BI2N2. The molecule has 2 heterocycles. The van der Waals surface area contributed by atoms with Gasteiger partial charge < -0.3 is 4.81 Å². The van der Waals surface area contributed by atoms with Crippen molar-refractivity contribution in [1.29, 1.82) is 0 Å². The van der Waals surface area contributed by atoms with Crippen molar-refractivity contribution in [2.24, 2.45) is 0 Å². The Morgan fingerprint density at radius 2 is 2.12 bits per heavy atom. The van der Waals surface area contributed by atoms with E-state index in [4.69, 9.17) is 0 Å². The minimum Gasteiger partial charge on any atom is -0.395 e. The molecule has 1 aliphatic rings. The molecule has 2 aromatic rings. The zero-order chi connectivity index (χ0) is 11.8. The van der Waals surface area contributed by atoms with Gasteiger partial charge in [-0.25, -0.2) is 0 Å². The van der Waals surface area contributed by atoms with E-state index in [1.807, 2.05) is 12.3 Å². The predicted molar refractivity (Wildman–Crippen MR) is 91.2 cm³/mol. The molecule has 0 fully saturated rings. The van der Waals surface area contributed by atoms with E-state index >= 15 is 0 Å². The van der Waals surface area contributed by atoms with E-state index in [9.17, 15) is 0 Å². The number of rotatable bonds is 1. The quantitative estimate of drug-likeness (QED) is 0.488. The molecule has 0 bridgehead atoms. The minimum atomic E-state index is 0.483. The topological polar surface area (TPSA) is 16.1 Å². The molecule has 0 aliphatic carbocycles. The molecule has 0 unspecified atom stereocenters. The zero-order valence-electron chi connectivity index (χ0n) is 9.24. The highest BCUT2D eigenvalue weighted by molar-refractivity contribution is 14.3. The van der Waals surface area contributed by atoms with Gasteiger partial charge in [-0.2, -0.15) is 0 Å². The van der Waals surface area contributed by atoms with Crippen LogP contribution in [0.2, 0.25) is 0 Å². The average molecular weight is 448 g/mol. The van der Waals surface area contributed by atoms with E-state index in [1.165, 1.54) is 29.5 Å². The number of hydrogen-bond donors (Lipinski definition) is 0. The Balaban J connectivity index is 2.28. The largest absolute Gasteiger partial charge is 0.399 e. The molecule has 3 rings (SSSR count). The van der Waals surface area contributed by atoms with Gasteiger partial charge in [0.1, 0.15) is 0 Å². The normalized spacial score (nSPS) is 14.8. The number of nitrogens with zero attached hydrogens (tertiary/aromatic N) is 2. The fourth-order valence-electron chi connectivity index (χ4n) is 2.44. The number of pyridine rings is 1. The van der Waals surface area contributed by atoms with Crippen LogP contribution in [0.5, 0.6) is 0 Å². The number of hydrogen-bond acceptors (Lipinski definition) is 2. The van der Waals surface area contributed by atoms with Gasteiger partial charge in [0.15, 0.2) is 0 Å². The first-order valence-electron chi connectivity index (χ1n) is 5.69. The van der Waals surface area contributed by atoms with Crippen molar-refractivity contribution >= 4 is 63.9 Å². The SMILES string of the molecule is IB(I)N1CCCc2ccc3cccnc3c21. The monoisotopic (exact) mass is 448 g/mol. The fourth-order valence-corrected chi connectivity index (χ4v) is 3.55. The summed E-state index contributed by atoms with van der Waals surface area (Å²) in [7, 11) is 0. The van der Waals surface area contributed by atoms with Crippen LogP contribution < -0.4 is 4.81 Å². The van der Waals surface area contributed by atoms with Crippen molar-refractivity contribution in [2.45, 2.75) is 12.8 Å². The number of aryl methyl sites for hydroxylation is 1. The highest BCUT2D eigenvalue weighted by Gasteiger charge is 2.25. The first kappa shape index (κ1) is 12.0. The molecule has 0 amide bonds. The molecule has 0 radical (unpaired) electrons. The van der Waals surface area contributed by atoms with Gasteiger partial charge in [-0.1, -0.05) is 18.2 Å². The maximum Gasteiger partial charge on any atom is 0.399 e. The van der Waals surface area contributed by atoms with Crippen molar-refractivity contribution in [2.75, 3.05) is 11.4 Å². The zero-order valence-corrected chi connectivity index (χ0v) is 13.6. The standard InChI is InChI=1S/C12H11BI2N2/c14-13(15)17-8-2-4-10-6-5-9-3-1-7-16-11(9)12(10)17/h1,3,5-7H,2,4,8H2. The maximum absolute atomic E-state index is 4.58. The predicted octanol–water partition coefficient (Wildman–Crippen LogP) is 3.84. The summed E-state index contributed by atoms with van der Waals surface area (Å²) in [5.74, 6) is 0. The van der Waals surface area contributed by atoms with E-state index in [0.29, 0.717) is 2.56 Å². The van der Waals surface area contributed by atoms with Crippen molar-refractivity contribution in [3.8, 4) is 0 Å². The first-order chi connectivity index (χ1) is 8.27. The van der Waals surface area contributed by atoms with Crippen LogP contribution in [-0.4, -0.2) is 14.1 Å².